The van der Waals surface area contributed by atoms with Crippen LogP contribution in [0.25, 0.3) is 0 Å². The standard InChI is InChI=1S/C39H74O6/c1-5-7-9-11-13-14-19-23-27-31-38(41)44-34-36(33-43-37(40)30-26-22-17-12-10-8-6-2)45-39(42)32-28-24-20-16-15-18-21-25-29-35(3)4/h35-36H,5-34H2,1-4H3/t36-/m0/s1. The van der Waals surface area contributed by atoms with Crippen LogP contribution in [0, 0.1) is 5.92 Å². The van der Waals surface area contributed by atoms with Crippen LogP contribution >= 0.6 is 0 Å². The minimum absolute atomic E-state index is 0.0660. The summed E-state index contributed by atoms with van der Waals surface area (Å²) < 4.78 is 16.5. The lowest BCUT2D eigenvalue weighted by molar-refractivity contribution is -0.167. The number of ether oxygens (including phenoxy) is 3. The molecule has 0 radical (unpaired) electrons. The highest BCUT2D eigenvalue weighted by atomic mass is 16.6. The van der Waals surface area contributed by atoms with E-state index >= 15 is 0 Å². The zero-order chi connectivity index (χ0) is 33.2. The fraction of sp³-hybridized carbons (Fsp3) is 0.923. The zero-order valence-corrected chi connectivity index (χ0v) is 30.3. The van der Waals surface area contributed by atoms with E-state index in [1.807, 2.05) is 0 Å². The number of unbranched alkanes of at least 4 members (excludes halogenated alkanes) is 21. The van der Waals surface area contributed by atoms with Gasteiger partial charge in [-0.15, -0.1) is 0 Å². The molecule has 0 saturated carbocycles. The van der Waals surface area contributed by atoms with E-state index in [0.29, 0.717) is 19.3 Å². The van der Waals surface area contributed by atoms with Crippen molar-refractivity contribution in [2.75, 3.05) is 13.2 Å². The summed E-state index contributed by atoms with van der Waals surface area (Å²) in [4.78, 5) is 37.3. The maximum absolute atomic E-state index is 12.6. The maximum atomic E-state index is 12.6. The lowest BCUT2D eigenvalue weighted by Gasteiger charge is -2.18. The van der Waals surface area contributed by atoms with E-state index in [9.17, 15) is 14.4 Å². The predicted molar refractivity (Wildman–Crippen MR) is 187 cm³/mol. The van der Waals surface area contributed by atoms with Crippen LogP contribution in [0.4, 0.5) is 0 Å². The molecule has 0 aliphatic rings. The number of rotatable bonds is 34. The summed E-state index contributed by atoms with van der Waals surface area (Å²) in [6.45, 7) is 8.87. The van der Waals surface area contributed by atoms with Gasteiger partial charge < -0.3 is 14.2 Å². The van der Waals surface area contributed by atoms with Crippen molar-refractivity contribution >= 4 is 17.9 Å². The minimum atomic E-state index is -0.756. The van der Waals surface area contributed by atoms with Gasteiger partial charge in [-0.1, -0.05) is 169 Å². The second kappa shape index (κ2) is 33.8. The molecule has 0 aliphatic heterocycles. The summed E-state index contributed by atoms with van der Waals surface area (Å²) in [5, 5.41) is 0. The normalized spacial score (nSPS) is 11.9. The van der Waals surface area contributed by atoms with Crippen molar-refractivity contribution in [1.82, 2.24) is 0 Å². The molecular weight excluding hydrogens is 564 g/mol. The van der Waals surface area contributed by atoms with Crippen LogP contribution in [0.2, 0.25) is 0 Å². The molecule has 0 saturated heterocycles. The van der Waals surface area contributed by atoms with Crippen LogP contribution in [-0.2, 0) is 28.6 Å². The first-order valence-electron chi connectivity index (χ1n) is 19.4. The molecule has 0 amide bonds. The SMILES string of the molecule is CCCCCCCCCCCC(=O)OC[C@H](COC(=O)CCCCCCCCC)OC(=O)CCCCCCCCCCC(C)C. The van der Waals surface area contributed by atoms with Gasteiger partial charge in [0, 0.05) is 19.3 Å². The average molecular weight is 639 g/mol. The lowest BCUT2D eigenvalue weighted by atomic mass is 10.0. The molecule has 0 unspecified atom stereocenters. The van der Waals surface area contributed by atoms with Crippen LogP contribution in [0.15, 0.2) is 0 Å². The van der Waals surface area contributed by atoms with E-state index in [1.165, 1.54) is 103 Å². The number of carbonyl (C=O) groups excluding carboxylic acids is 3. The quantitative estimate of drug-likeness (QED) is 0.0396. The van der Waals surface area contributed by atoms with Gasteiger partial charge in [-0.2, -0.15) is 0 Å². The van der Waals surface area contributed by atoms with Crippen LogP contribution in [0.1, 0.15) is 207 Å². The van der Waals surface area contributed by atoms with Gasteiger partial charge in [-0.25, -0.2) is 0 Å². The van der Waals surface area contributed by atoms with Crippen LogP contribution in [0.3, 0.4) is 0 Å². The van der Waals surface area contributed by atoms with Gasteiger partial charge in [-0.3, -0.25) is 14.4 Å². The smallest absolute Gasteiger partial charge is 0.306 e. The summed E-state index contributed by atoms with van der Waals surface area (Å²) in [5.74, 6) is -0.0814. The molecule has 0 N–H and O–H groups in total. The fourth-order valence-electron chi connectivity index (χ4n) is 5.57. The van der Waals surface area contributed by atoms with Gasteiger partial charge >= 0.3 is 17.9 Å². The number of hydrogen-bond donors (Lipinski definition) is 0. The van der Waals surface area contributed by atoms with Crippen molar-refractivity contribution in [3.05, 3.63) is 0 Å². The van der Waals surface area contributed by atoms with Gasteiger partial charge in [0.15, 0.2) is 6.10 Å². The second-order valence-electron chi connectivity index (χ2n) is 13.7. The second-order valence-corrected chi connectivity index (χ2v) is 13.7. The van der Waals surface area contributed by atoms with E-state index in [0.717, 1.165) is 63.7 Å². The summed E-state index contributed by atoms with van der Waals surface area (Å²) in [5.41, 5.74) is 0. The highest BCUT2D eigenvalue weighted by Crippen LogP contribution is 2.15. The largest absolute Gasteiger partial charge is 0.462 e. The minimum Gasteiger partial charge on any atom is -0.462 e. The summed E-state index contributed by atoms with van der Waals surface area (Å²) >= 11 is 0. The highest BCUT2D eigenvalue weighted by Gasteiger charge is 2.19. The van der Waals surface area contributed by atoms with E-state index in [4.69, 9.17) is 14.2 Å². The molecule has 266 valence electrons. The number of esters is 3. The molecule has 6 nitrogen and oxygen atoms in total. The molecule has 0 aromatic rings. The monoisotopic (exact) mass is 639 g/mol. The molecular formula is C39H74O6. The molecule has 0 aromatic carbocycles. The van der Waals surface area contributed by atoms with Crippen molar-refractivity contribution < 1.29 is 28.6 Å². The molecule has 0 fully saturated rings. The molecule has 0 spiro atoms. The van der Waals surface area contributed by atoms with Gasteiger partial charge in [0.1, 0.15) is 13.2 Å². The topological polar surface area (TPSA) is 78.9 Å². The molecule has 1 atom stereocenters. The van der Waals surface area contributed by atoms with Crippen molar-refractivity contribution in [1.29, 1.82) is 0 Å². The first-order chi connectivity index (χ1) is 21.9. The van der Waals surface area contributed by atoms with Gasteiger partial charge in [-0.05, 0) is 25.2 Å². The Labute approximate surface area is 278 Å². The van der Waals surface area contributed by atoms with Crippen molar-refractivity contribution in [3.8, 4) is 0 Å². The van der Waals surface area contributed by atoms with Crippen molar-refractivity contribution in [2.24, 2.45) is 5.92 Å². The van der Waals surface area contributed by atoms with Gasteiger partial charge in [0.25, 0.3) is 0 Å². The first-order valence-corrected chi connectivity index (χ1v) is 19.4. The zero-order valence-electron chi connectivity index (χ0n) is 30.3. The van der Waals surface area contributed by atoms with E-state index in [1.54, 1.807) is 0 Å². The Morgan fingerprint density at radius 2 is 0.733 bits per heavy atom. The van der Waals surface area contributed by atoms with E-state index in [2.05, 4.69) is 27.7 Å². The summed E-state index contributed by atoms with van der Waals surface area (Å²) in [6.07, 6.45) is 29.6. The van der Waals surface area contributed by atoms with E-state index < -0.39 is 6.10 Å². The average Bonchev–Trinajstić information content (AvgIpc) is 3.01. The Morgan fingerprint density at radius 1 is 0.422 bits per heavy atom. The van der Waals surface area contributed by atoms with Crippen molar-refractivity contribution in [3.63, 3.8) is 0 Å². The summed E-state index contributed by atoms with van der Waals surface area (Å²) in [7, 11) is 0. The Kier molecular flexibility index (Phi) is 32.6. The molecule has 0 aromatic heterocycles. The molecule has 45 heavy (non-hydrogen) atoms. The molecule has 0 aliphatic carbocycles. The predicted octanol–water partition coefficient (Wildman–Crippen LogP) is 11.6. The summed E-state index contributed by atoms with van der Waals surface area (Å²) in [6, 6.07) is 0. The number of hydrogen-bond acceptors (Lipinski definition) is 6. The Bertz CT molecular complexity index is 676. The van der Waals surface area contributed by atoms with Crippen molar-refractivity contribution in [2.45, 2.75) is 214 Å². The Hall–Kier alpha value is -1.59. The number of carbonyl (C=O) groups is 3. The lowest BCUT2D eigenvalue weighted by Crippen LogP contribution is -2.30. The van der Waals surface area contributed by atoms with E-state index in [-0.39, 0.29) is 31.1 Å². The third-order valence-corrected chi connectivity index (χ3v) is 8.54. The van der Waals surface area contributed by atoms with Crippen LogP contribution in [-0.4, -0.2) is 37.2 Å². The molecule has 6 heteroatoms. The third kappa shape index (κ3) is 33.6. The fourth-order valence-corrected chi connectivity index (χ4v) is 5.57. The van der Waals surface area contributed by atoms with Crippen LogP contribution in [0.5, 0.6) is 0 Å². The van der Waals surface area contributed by atoms with Gasteiger partial charge in [0.05, 0.1) is 0 Å². The van der Waals surface area contributed by atoms with Gasteiger partial charge in [0.2, 0.25) is 0 Å². The van der Waals surface area contributed by atoms with Crippen LogP contribution < -0.4 is 0 Å². The highest BCUT2D eigenvalue weighted by molar-refractivity contribution is 5.71. The molecule has 0 bridgehead atoms. The Morgan fingerprint density at radius 3 is 1.09 bits per heavy atom. The first kappa shape index (κ1) is 43.4. The Balaban J connectivity index is 4.34. The third-order valence-electron chi connectivity index (χ3n) is 8.54. The maximum Gasteiger partial charge on any atom is 0.306 e. The molecule has 0 rings (SSSR count). The molecule has 0 heterocycles.